The van der Waals surface area contributed by atoms with Crippen LogP contribution < -0.4 is 14.5 Å². The molecule has 10 nitrogen and oxygen atoms in total. The van der Waals surface area contributed by atoms with E-state index in [0.717, 1.165) is 19.3 Å². The minimum atomic E-state index is -0.737. The van der Waals surface area contributed by atoms with Crippen molar-refractivity contribution in [2.45, 2.75) is 39.5 Å². The number of carbonyl (C=O) groups is 4. The maximum atomic E-state index is 13.2. The lowest BCUT2D eigenvalue weighted by molar-refractivity contribution is -0.385. The zero-order valence-corrected chi connectivity index (χ0v) is 21.1. The molecule has 2 aliphatic heterocycles. The van der Waals surface area contributed by atoms with Crippen LogP contribution in [0.3, 0.4) is 0 Å². The molecule has 0 aromatic heterocycles. The molecule has 2 bridgehead atoms. The van der Waals surface area contributed by atoms with Gasteiger partial charge in [0.05, 0.1) is 34.1 Å². The number of amides is 3. The monoisotopic (exact) mass is 517 g/mol. The van der Waals surface area contributed by atoms with Gasteiger partial charge in [-0.3, -0.25) is 29.3 Å². The summed E-state index contributed by atoms with van der Waals surface area (Å²) in [6.07, 6.45) is 2.92. The van der Waals surface area contributed by atoms with Crippen LogP contribution in [-0.4, -0.2) is 35.2 Å². The second kappa shape index (κ2) is 8.75. The summed E-state index contributed by atoms with van der Waals surface area (Å²) >= 11 is 0. The van der Waals surface area contributed by atoms with Gasteiger partial charge in [-0.25, -0.2) is 4.90 Å². The van der Waals surface area contributed by atoms with E-state index in [2.05, 4.69) is 0 Å². The van der Waals surface area contributed by atoms with Gasteiger partial charge >= 0.3 is 5.97 Å². The predicted octanol–water partition coefficient (Wildman–Crippen LogP) is 3.71. The van der Waals surface area contributed by atoms with Gasteiger partial charge in [0, 0.05) is 24.6 Å². The topological polar surface area (TPSA) is 127 Å². The van der Waals surface area contributed by atoms with Crippen LogP contribution in [0.15, 0.2) is 36.4 Å². The minimum absolute atomic E-state index is 0.0524. The van der Waals surface area contributed by atoms with Crippen molar-refractivity contribution < 1.29 is 28.8 Å². The molecule has 2 saturated carbocycles. The van der Waals surface area contributed by atoms with Gasteiger partial charge in [-0.05, 0) is 74.8 Å². The van der Waals surface area contributed by atoms with Gasteiger partial charge < -0.3 is 9.64 Å². The summed E-state index contributed by atoms with van der Waals surface area (Å²) in [5, 5.41) is 11.3. The largest absolute Gasteiger partial charge is 0.426 e. The average Bonchev–Trinajstić information content (AvgIpc) is 3.64. The van der Waals surface area contributed by atoms with Gasteiger partial charge in [0.2, 0.25) is 17.7 Å². The van der Waals surface area contributed by atoms with Crippen molar-refractivity contribution in [3.05, 3.63) is 57.6 Å². The number of fused-ring (bicyclic) bond motifs is 5. The van der Waals surface area contributed by atoms with Crippen LogP contribution >= 0.6 is 0 Å². The number of esters is 1. The summed E-state index contributed by atoms with van der Waals surface area (Å²) in [4.78, 5) is 65.4. The summed E-state index contributed by atoms with van der Waals surface area (Å²) in [5.41, 5.74) is 1.90. The number of carbonyl (C=O) groups excluding carboxylic acids is 4. The van der Waals surface area contributed by atoms with E-state index < -0.39 is 16.8 Å². The number of ether oxygens (including phenoxy) is 1. The summed E-state index contributed by atoms with van der Waals surface area (Å²) in [7, 11) is 0. The molecule has 6 rings (SSSR count). The highest BCUT2D eigenvalue weighted by Crippen LogP contribution is 2.56. The number of nitro benzene ring substituents is 1. The molecule has 4 aliphatic rings. The summed E-state index contributed by atoms with van der Waals surface area (Å²) < 4.78 is 5.57. The molecule has 5 atom stereocenters. The zero-order chi connectivity index (χ0) is 26.9. The number of rotatable bonds is 5. The van der Waals surface area contributed by atoms with Crippen LogP contribution in [0.2, 0.25) is 0 Å². The molecule has 4 fully saturated rings. The van der Waals surface area contributed by atoms with Gasteiger partial charge in [0.1, 0.15) is 5.75 Å². The molecule has 0 unspecified atom stereocenters. The number of anilines is 2. The Balaban J connectivity index is 1.15. The van der Waals surface area contributed by atoms with E-state index in [4.69, 9.17) is 4.74 Å². The Hall–Kier alpha value is -4.08. The lowest BCUT2D eigenvalue weighted by atomic mass is 9.81. The third kappa shape index (κ3) is 3.69. The molecule has 38 heavy (non-hydrogen) atoms. The number of benzene rings is 2. The minimum Gasteiger partial charge on any atom is -0.426 e. The molecular weight excluding hydrogens is 490 g/mol. The molecule has 2 heterocycles. The first-order valence-corrected chi connectivity index (χ1v) is 12.9. The van der Waals surface area contributed by atoms with Crippen molar-refractivity contribution in [3.63, 3.8) is 0 Å². The van der Waals surface area contributed by atoms with Crippen LogP contribution in [0.5, 0.6) is 5.75 Å². The van der Waals surface area contributed by atoms with Crippen molar-refractivity contribution in [2.75, 3.05) is 16.3 Å². The van der Waals surface area contributed by atoms with Gasteiger partial charge in [-0.1, -0.05) is 6.07 Å². The van der Waals surface area contributed by atoms with Crippen LogP contribution in [0.1, 0.15) is 36.8 Å². The van der Waals surface area contributed by atoms with E-state index >= 15 is 0 Å². The highest BCUT2D eigenvalue weighted by Gasteiger charge is 2.61. The fourth-order valence-electron chi connectivity index (χ4n) is 6.87. The van der Waals surface area contributed by atoms with Gasteiger partial charge in [0.15, 0.2) is 0 Å². The van der Waals surface area contributed by atoms with Gasteiger partial charge in [0.25, 0.3) is 5.69 Å². The Morgan fingerprint density at radius 2 is 1.66 bits per heavy atom. The standard InChI is InChI=1S/C28H27N3O7/c1-14-3-6-19(12-22(14)31(36)37)29-13-18(11-23(29)32)28(35)38-20-7-8-21(15(2)9-20)30-26(33)24-16-4-5-17(10-16)25(24)27(30)34/h3,6-9,12,16-18,24-25H,4-5,10-11,13H2,1-2H3/t16-,17-,18+,24+,25+/m0/s1. The van der Waals surface area contributed by atoms with E-state index in [1.54, 1.807) is 44.2 Å². The number of imide groups is 1. The first-order valence-electron chi connectivity index (χ1n) is 12.9. The van der Waals surface area contributed by atoms with Gasteiger partial charge in [-0.15, -0.1) is 0 Å². The van der Waals surface area contributed by atoms with E-state index in [1.165, 1.54) is 15.9 Å². The van der Waals surface area contributed by atoms with Gasteiger partial charge in [-0.2, -0.15) is 0 Å². The Bertz CT molecular complexity index is 1390. The first-order chi connectivity index (χ1) is 18.1. The zero-order valence-electron chi connectivity index (χ0n) is 21.1. The summed E-state index contributed by atoms with van der Waals surface area (Å²) in [6.45, 7) is 3.43. The number of nitrogens with zero attached hydrogens (tertiary/aromatic N) is 3. The fraction of sp³-hybridized carbons (Fsp3) is 0.429. The van der Waals surface area contributed by atoms with Crippen molar-refractivity contribution in [3.8, 4) is 5.75 Å². The Morgan fingerprint density at radius 3 is 2.29 bits per heavy atom. The molecule has 2 saturated heterocycles. The Labute approximate surface area is 218 Å². The summed E-state index contributed by atoms with van der Waals surface area (Å²) in [6, 6.07) is 9.34. The van der Waals surface area contributed by atoms with Crippen LogP contribution in [-0.2, 0) is 19.2 Å². The number of hydrogen-bond acceptors (Lipinski definition) is 7. The molecule has 0 N–H and O–H groups in total. The molecule has 2 aliphatic carbocycles. The average molecular weight is 518 g/mol. The maximum absolute atomic E-state index is 13.2. The molecule has 3 amide bonds. The molecule has 196 valence electrons. The predicted molar refractivity (Wildman–Crippen MR) is 135 cm³/mol. The van der Waals surface area contributed by atoms with Crippen LogP contribution in [0, 0.1) is 53.6 Å². The lowest BCUT2D eigenvalue weighted by Crippen LogP contribution is -2.33. The normalized spacial score (nSPS) is 27.8. The van der Waals surface area contributed by atoms with E-state index in [-0.39, 0.29) is 54.0 Å². The smallest absolute Gasteiger partial charge is 0.316 e. The second-order valence-electron chi connectivity index (χ2n) is 10.9. The number of hydrogen-bond donors (Lipinski definition) is 0. The third-order valence-corrected chi connectivity index (χ3v) is 8.71. The van der Waals surface area contributed by atoms with E-state index in [9.17, 15) is 29.3 Å². The van der Waals surface area contributed by atoms with E-state index in [1.807, 2.05) is 0 Å². The van der Waals surface area contributed by atoms with Crippen molar-refractivity contribution in [1.82, 2.24) is 0 Å². The van der Waals surface area contributed by atoms with Crippen LogP contribution in [0.25, 0.3) is 0 Å². The van der Waals surface area contributed by atoms with Crippen LogP contribution in [0.4, 0.5) is 17.1 Å². The molecule has 10 heteroatoms. The molecule has 0 spiro atoms. The Kier molecular flexibility index (Phi) is 5.59. The number of nitro groups is 1. The highest BCUT2D eigenvalue weighted by molar-refractivity contribution is 6.23. The quantitative estimate of drug-likeness (QED) is 0.194. The molecule has 0 radical (unpaired) electrons. The summed E-state index contributed by atoms with van der Waals surface area (Å²) in [5.74, 6) is -1.46. The van der Waals surface area contributed by atoms with Crippen molar-refractivity contribution in [2.24, 2.45) is 29.6 Å². The molecular formula is C28H27N3O7. The highest BCUT2D eigenvalue weighted by atomic mass is 16.6. The van der Waals surface area contributed by atoms with E-state index in [0.29, 0.717) is 34.3 Å². The Morgan fingerprint density at radius 1 is 0.974 bits per heavy atom. The molecule has 2 aromatic carbocycles. The maximum Gasteiger partial charge on any atom is 0.316 e. The second-order valence-corrected chi connectivity index (χ2v) is 10.9. The third-order valence-electron chi connectivity index (χ3n) is 8.71. The number of aryl methyl sites for hydroxylation is 2. The lowest BCUT2D eigenvalue weighted by Gasteiger charge is -2.20. The molecule has 2 aromatic rings. The van der Waals surface area contributed by atoms with Crippen molar-refractivity contribution in [1.29, 1.82) is 0 Å². The van der Waals surface area contributed by atoms with Crippen molar-refractivity contribution >= 4 is 40.8 Å². The fourth-order valence-corrected chi connectivity index (χ4v) is 6.87. The SMILES string of the molecule is Cc1cc(OC(=O)[C@@H]2CC(=O)N(c3ccc(C)c([N+](=O)[O-])c3)C2)ccc1N1C(=O)[C@@H]2[C@H]3CC[C@@H](C3)[C@H]2C1=O. The first kappa shape index (κ1) is 24.3.